The first kappa shape index (κ1) is 14.3. The van der Waals surface area contributed by atoms with Crippen LogP contribution in [0.1, 0.15) is 23.7 Å². The lowest BCUT2D eigenvalue weighted by Gasteiger charge is -2.18. The Morgan fingerprint density at radius 3 is 1.75 bits per heavy atom. The lowest BCUT2D eigenvalue weighted by atomic mass is 10.0. The van der Waals surface area contributed by atoms with Gasteiger partial charge in [-0.15, -0.1) is 0 Å². The topological polar surface area (TPSA) is 43.4 Å². The van der Waals surface area contributed by atoms with Gasteiger partial charge in [-0.05, 0) is 22.7 Å². The third-order valence-electron chi connectivity index (χ3n) is 2.74. The number of carbonyl (C=O) groups is 2. The largest absolute Gasteiger partial charge is 0.452 e. The molecular weight excluding hydrogens is 276 g/mol. The van der Waals surface area contributed by atoms with E-state index in [0.717, 1.165) is 11.1 Å². The summed E-state index contributed by atoms with van der Waals surface area (Å²) in [6, 6.07) is 18.7. The SMILES string of the molecule is O=C(Cl)CC(=O)OC(c1ccccc1)c1ccccc1. The van der Waals surface area contributed by atoms with Crippen molar-refractivity contribution in [2.24, 2.45) is 0 Å². The molecule has 0 bridgehead atoms. The van der Waals surface area contributed by atoms with Gasteiger partial charge in [0.1, 0.15) is 6.42 Å². The summed E-state index contributed by atoms with van der Waals surface area (Å²) < 4.78 is 5.39. The lowest BCUT2D eigenvalue weighted by molar-refractivity contribution is -0.148. The molecule has 0 aliphatic heterocycles. The van der Waals surface area contributed by atoms with Crippen molar-refractivity contribution >= 4 is 22.8 Å². The van der Waals surface area contributed by atoms with Gasteiger partial charge in [-0.25, -0.2) is 0 Å². The van der Waals surface area contributed by atoms with Crippen LogP contribution in [0, 0.1) is 0 Å². The minimum atomic E-state index is -0.727. The fourth-order valence-electron chi connectivity index (χ4n) is 1.87. The summed E-state index contributed by atoms with van der Waals surface area (Å²) >= 11 is 5.21. The maximum Gasteiger partial charge on any atom is 0.315 e. The molecule has 0 unspecified atom stereocenters. The second-order valence-corrected chi connectivity index (χ2v) is 4.64. The van der Waals surface area contributed by atoms with Gasteiger partial charge in [-0.2, -0.15) is 0 Å². The molecule has 2 aromatic rings. The van der Waals surface area contributed by atoms with Gasteiger partial charge in [0.25, 0.3) is 0 Å². The van der Waals surface area contributed by atoms with Crippen molar-refractivity contribution in [3.05, 3.63) is 71.8 Å². The molecule has 0 saturated carbocycles. The molecule has 0 heterocycles. The Balaban J connectivity index is 2.26. The van der Waals surface area contributed by atoms with E-state index < -0.39 is 23.7 Å². The molecule has 0 atom stereocenters. The van der Waals surface area contributed by atoms with Crippen LogP contribution in [-0.2, 0) is 14.3 Å². The van der Waals surface area contributed by atoms with Gasteiger partial charge in [-0.3, -0.25) is 9.59 Å². The van der Waals surface area contributed by atoms with Crippen molar-refractivity contribution in [2.45, 2.75) is 12.5 Å². The van der Waals surface area contributed by atoms with Gasteiger partial charge in [0, 0.05) is 0 Å². The van der Waals surface area contributed by atoms with Crippen molar-refractivity contribution in [1.29, 1.82) is 0 Å². The number of halogens is 1. The Morgan fingerprint density at radius 2 is 1.35 bits per heavy atom. The molecule has 2 rings (SSSR count). The lowest BCUT2D eigenvalue weighted by Crippen LogP contribution is -2.14. The van der Waals surface area contributed by atoms with E-state index in [-0.39, 0.29) is 0 Å². The van der Waals surface area contributed by atoms with Gasteiger partial charge in [-0.1, -0.05) is 60.7 Å². The van der Waals surface area contributed by atoms with E-state index in [1.807, 2.05) is 60.7 Å². The third kappa shape index (κ3) is 3.93. The molecule has 3 nitrogen and oxygen atoms in total. The molecule has 0 saturated heterocycles. The maximum atomic E-state index is 11.7. The van der Waals surface area contributed by atoms with E-state index in [1.165, 1.54) is 0 Å². The van der Waals surface area contributed by atoms with Gasteiger partial charge < -0.3 is 4.74 Å². The van der Waals surface area contributed by atoms with E-state index in [0.29, 0.717) is 0 Å². The van der Waals surface area contributed by atoms with Crippen molar-refractivity contribution in [1.82, 2.24) is 0 Å². The monoisotopic (exact) mass is 288 g/mol. The van der Waals surface area contributed by atoms with Crippen LogP contribution in [0.3, 0.4) is 0 Å². The Morgan fingerprint density at radius 1 is 0.900 bits per heavy atom. The number of ether oxygens (including phenoxy) is 1. The predicted molar refractivity (Wildman–Crippen MR) is 76.3 cm³/mol. The average molecular weight is 289 g/mol. The summed E-state index contributed by atoms with van der Waals surface area (Å²) in [5, 5.41) is -0.727. The molecule has 0 aliphatic carbocycles. The highest BCUT2D eigenvalue weighted by Gasteiger charge is 2.19. The van der Waals surface area contributed by atoms with E-state index in [9.17, 15) is 9.59 Å². The third-order valence-corrected chi connectivity index (χ3v) is 2.87. The molecule has 20 heavy (non-hydrogen) atoms. The van der Waals surface area contributed by atoms with Gasteiger partial charge in [0.2, 0.25) is 5.24 Å². The van der Waals surface area contributed by atoms with Crippen LogP contribution in [0.5, 0.6) is 0 Å². The summed E-state index contributed by atoms with van der Waals surface area (Å²) in [7, 11) is 0. The van der Waals surface area contributed by atoms with Gasteiger partial charge >= 0.3 is 5.97 Å². The molecule has 2 aromatic carbocycles. The smallest absolute Gasteiger partial charge is 0.315 e. The Bertz CT molecular complexity index is 542. The number of carbonyl (C=O) groups excluding carboxylic acids is 2. The van der Waals surface area contributed by atoms with Gasteiger partial charge in [0.05, 0.1) is 0 Å². The van der Waals surface area contributed by atoms with E-state index in [2.05, 4.69) is 0 Å². The first-order valence-corrected chi connectivity index (χ1v) is 6.52. The van der Waals surface area contributed by atoms with Crippen LogP contribution in [0.4, 0.5) is 0 Å². The van der Waals surface area contributed by atoms with Crippen molar-refractivity contribution in [2.75, 3.05) is 0 Å². The molecule has 0 radical (unpaired) electrons. The van der Waals surface area contributed by atoms with Crippen LogP contribution >= 0.6 is 11.6 Å². The van der Waals surface area contributed by atoms with E-state index in [4.69, 9.17) is 16.3 Å². The molecule has 0 spiro atoms. The highest BCUT2D eigenvalue weighted by atomic mass is 35.5. The fourth-order valence-corrected chi connectivity index (χ4v) is 1.98. The molecule has 0 aliphatic rings. The summed E-state index contributed by atoms with van der Waals surface area (Å²) in [6.07, 6.45) is -0.974. The number of hydrogen-bond donors (Lipinski definition) is 0. The second-order valence-electron chi connectivity index (χ2n) is 4.22. The first-order valence-electron chi connectivity index (χ1n) is 6.14. The zero-order valence-corrected chi connectivity index (χ0v) is 11.4. The Labute approximate surface area is 122 Å². The normalized spacial score (nSPS) is 10.3. The van der Waals surface area contributed by atoms with Crippen molar-refractivity contribution in [3.8, 4) is 0 Å². The van der Waals surface area contributed by atoms with Crippen LogP contribution in [0.25, 0.3) is 0 Å². The summed E-state index contributed by atoms with van der Waals surface area (Å²) in [4.78, 5) is 22.5. The molecule has 102 valence electrons. The fraction of sp³-hybridized carbons (Fsp3) is 0.125. The number of rotatable bonds is 5. The minimum absolute atomic E-state index is 0.433. The number of esters is 1. The second kappa shape index (κ2) is 6.87. The summed E-state index contributed by atoms with van der Waals surface area (Å²) in [5.41, 5.74) is 1.68. The molecule has 0 fully saturated rings. The van der Waals surface area contributed by atoms with E-state index >= 15 is 0 Å². The van der Waals surface area contributed by atoms with Crippen LogP contribution in [-0.4, -0.2) is 11.2 Å². The summed E-state index contributed by atoms with van der Waals surface area (Å²) in [5.74, 6) is -0.636. The van der Waals surface area contributed by atoms with Crippen LogP contribution in [0.15, 0.2) is 60.7 Å². The Hall–Kier alpha value is -2.13. The molecule has 0 N–H and O–H groups in total. The highest BCUT2D eigenvalue weighted by molar-refractivity contribution is 6.64. The van der Waals surface area contributed by atoms with E-state index in [1.54, 1.807) is 0 Å². The van der Waals surface area contributed by atoms with Crippen molar-refractivity contribution in [3.63, 3.8) is 0 Å². The first-order chi connectivity index (χ1) is 9.66. The summed E-state index contributed by atoms with van der Waals surface area (Å²) in [6.45, 7) is 0. The number of hydrogen-bond acceptors (Lipinski definition) is 3. The average Bonchev–Trinajstić information content (AvgIpc) is 2.46. The van der Waals surface area contributed by atoms with Crippen molar-refractivity contribution < 1.29 is 14.3 Å². The van der Waals surface area contributed by atoms with Crippen LogP contribution < -0.4 is 0 Å². The quantitative estimate of drug-likeness (QED) is 0.481. The zero-order chi connectivity index (χ0) is 14.4. The number of benzene rings is 2. The Kier molecular flexibility index (Phi) is 4.91. The van der Waals surface area contributed by atoms with Crippen LogP contribution in [0.2, 0.25) is 0 Å². The molecule has 4 heteroatoms. The standard InChI is InChI=1S/C16H13ClO3/c17-14(18)11-15(19)20-16(12-7-3-1-4-8-12)13-9-5-2-6-10-13/h1-10,16H,11H2. The minimum Gasteiger partial charge on any atom is -0.452 e. The molecular formula is C16H13ClO3. The zero-order valence-electron chi connectivity index (χ0n) is 10.7. The van der Waals surface area contributed by atoms with Gasteiger partial charge in [0.15, 0.2) is 6.10 Å². The molecule has 0 amide bonds. The molecule has 0 aromatic heterocycles. The maximum absolute atomic E-state index is 11.7. The predicted octanol–water partition coefficient (Wildman–Crippen LogP) is 3.47. The highest BCUT2D eigenvalue weighted by Crippen LogP contribution is 2.26.